The fraction of sp³-hybridized carbons (Fsp3) is 0.300. The van der Waals surface area contributed by atoms with Crippen LogP contribution in [0.3, 0.4) is 0 Å². The number of halogens is 1. The number of aromatic nitrogens is 4. The summed E-state index contributed by atoms with van der Waals surface area (Å²) in [6.07, 6.45) is 4.94. The molecule has 5 nitrogen and oxygen atoms in total. The molecule has 2 aromatic heterocycles. The number of anilines is 1. The Morgan fingerprint density at radius 1 is 1.38 bits per heavy atom. The Morgan fingerprint density at radius 2 is 2.12 bits per heavy atom. The molecule has 84 valence electrons. The van der Waals surface area contributed by atoms with Gasteiger partial charge in [-0.1, -0.05) is 0 Å². The van der Waals surface area contributed by atoms with Crippen molar-refractivity contribution in [1.29, 1.82) is 0 Å². The average molecular weight is 221 g/mol. The lowest BCUT2D eigenvalue weighted by atomic mass is 10.3. The number of rotatable bonds is 4. The van der Waals surface area contributed by atoms with E-state index in [0.717, 1.165) is 24.5 Å². The monoisotopic (exact) mass is 221 g/mol. The van der Waals surface area contributed by atoms with Gasteiger partial charge in [-0.3, -0.25) is 4.68 Å². The molecule has 0 aromatic carbocycles. The molecule has 0 saturated heterocycles. The van der Waals surface area contributed by atoms with E-state index >= 15 is 0 Å². The first-order chi connectivity index (χ1) is 7.74. The molecule has 2 rings (SSSR count). The number of nitrogens with zero attached hydrogens (tertiary/aromatic N) is 4. The van der Waals surface area contributed by atoms with Crippen LogP contribution in [-0.4, -0.2) is 26.3 Å². The van der Waals surface area contributed by atoms with Crippen molar-refractivity contribution < 1.29 is 4.39 Å². The molecule has 0 aliphatic rings. The molecule has 0 amide bonds. The van der Waals surface area contributed by atoms with Crippen molar-refractivity contribution in [3.05, 3.63) is 36.2 Å². The van der Waals surface area contributed by atoms with Gasteiger partial charge in [0.25, 0.3) is 0 Å². The minimum absolute atomic E-state index is 0.428. The van der Waals surface area contributed by atoms with E-state index in [9.17, 15) is 4.39 Å². The molecule has 0 spiro atoms. The van der Waals surface area contributed by atoms with Crippen LogP contribution in [-0.2, 0) is 13.5 Å². The lowest BCUT2D eigenvalue weighted by Gasteiger charge is -2.02. The van der Waals surface area contributed by atoms with Crippen molar-refractivity contribution in [3.63, 3.8) is 0 Å². The lowest BCUT2D eigenvalue weighted by Crippen LogP contribution is -2.08. The highest BCUT2D eigenvalue weighted by molar-refractivity contribution is 5.22. The Bertz CT molecular complexity index is 450. The topological polar surface area (TPSA) is 55.6 Å². The molecule has 0 bridgehead atoms. The normalized spacial score (nSPS) is 10.4. The Labute approximate surface area is 92.3 Å². The first-order valence-corrected chi connectivity index (χ1v) is 4.94. The van der Waals surface area contributed by atoms with Crippen molar-refractivity contribution in [3.8, 4) is 0 Å². The van der Waals surface area contributed by atoms with Crippen molar-refractivity contribution in [2.75, 3.05) is 11.9 Å². The van der Waals surface area contributed by atoms with Gasteiger partial charge in [0.1, 0.15) is 0 Å². The van der Waals surface area contributed by atoms with Crippen molar-refractivity contribution in [2.24, 2.45) is 7.05 Å². The van der Waals surface area contributed by atoms with Gasteiger partial charge in [-0.2, -0.15) is 5.10 Å². The summed E-state index contributed by atoms with van der Waals surface area (Å²) in [5.74, 6) is -0.00685. The van der Waals surface area contributed by atoms with Crippen molar-refractivity contribution in [1.82, 2.24) is 19.7 Å². The van der Waals surface area contributed by atoms with E-state index in [2.05, 4.69) is 20.4 Å². The summed E-state index contributed by atoms with van der Waals surface area (Å²) in [6.45, 7) is 0.669. The van der Waals surface area contributed by atoms with Crippen LogP contribution in [0.25, 0.3) is 0 Å². The van der Waals surface area contributed by atoms with Crippen LogP contribution in [0, 0.1) is 5.82 Å². The maximum Gasteiger partial charge on any atom is 0.222 e. The van der Waals surface area contributed by atoms with Gasteiger partial charge in [-0.25, -0.2) is 14.4 Å². The van der Waals surface area contributed by atoms with Gasteiger partial charge in [-0.15, -0.1) is 0 Å². The van der Waals surface area contributed by atoms with Gasteiger partial charge in [0.15, 0.2) is 5.82 Å². The molecule has 1 N–H and O–H groups in total. The van der Waals surface area contributed by atoms with Crippen LogP contribution in [0.2, 0.25) is 0 Å². The standard InChI is InChI=1S/C10H12FN5/c1-16-5-3-9(15-16)2-4-12-10-13-6-8(11)7-14-10/h3,5-7H,2,4H2,1H3,(H,12,13,14). The smallest absolute Gasteiger partial charge is 0.222 e. The third kappa shape index (κ3) is 2.75. The van der Waals surface area contributed by atoms with Gasteiger partial charge in [-0.05, 0) is 6.07 Å². The Kier molecular flexibility index (Phi) is 3.09. The maximum absolute atomic E-state index is 12.5. The molecular weight excluding hydrogens is 209 g/mol. The van der Waals surface area contributed by atoms with E-state index < -0.39 is 5.82 Å². The zero-order chi connectivity index (χ0) is 11.4. The van der Waals surface area contributed by atoms with E-state index in [4.69, 9.17) is 0 Å². The largest absolute Gasteiger partial charge is 0.354 e. The fourth-order valence-electron chi connectivity index (χ4n) is 1.30. The van der Waals surface area contributed by atoms with Crippen molar-refractivity contribution >= 4 is 5.95 Å². The minimum Gasteiger partial charge on any atom is -0.354 e. The second kappa shape index (κ2) is 4.69. The number of hydrogen-bond donors (Lipinski definition) is 1. The van der Waals surface area contributed by atoms with Crippen LogP contribution < -0.4 is 5.32 Å². The highest BCUT2D eigenvalue weighted by Gasteiger charge is 1.98. The Balaban J connectivity index is 1.82. The summed E-state index contributed by atoms with van der Waals surface area (Å²) in [5, 5.41) is 7.22. The van der Waals surface area contributed by atoms with Crippen LogP contribution in [0.1, 0.15) is 5.69 Å². The maximum atomic E-state index is 12.5. The van der Waals surface area contributed by atoms with E-state index in [-0.39, 0.29) is 0 Å². The molecule has 0 atom stereocenters. The third-order valence-electron chi connectivity index (χ3n) is 2.05. The van der Waals surface area contributed by atoms with Gasteiger partial charge in [0.05, 0.1) is 18.1 Å². The predicted molar refractivity (Wildman–Crippen MR) is 57.4 cm³/mol. The van der Waals surface area contributed by atoms with E-state index in [0.29, 0.717) is 12.5 Å². The summed E-state index contributed by atoms with van der Waals surface area (Å²) < 4.78 is 14.3. The second-order valence-corrected chi connectivity index (χ2v) is 3.38. The summed E-state index contributed by atoms with van der Waals surface area (Å²) >= 11 is 0. The predicted octanol–water partition coefficient (Wildman–Crippen LogP) is 1.00. The first kappa shape index (κ1) is 10.5. The summed E-state index contributed by atoms with van der Waals surface area (Å²) in [5.41, 5.74) is 0.997. The van der Waals surface area contributed by atoms with Gasteiger partial charge in [0, 0.05) is 26.2 Å². The van der Waals surface area contributed by atoms with Gasteiger partial charge < -0.3 is 5.32 Å². The molecule has 2 aromatic rings. The third-order valence-corrected chi connectivity index (χ3v) is 2.05. The molecule has 0 saturated carbocycles. The molecule has 6 heteroatoms. The quantitative estimate of drug-likeness (QED) is 0.837. The molecule has 16 heavy (non-hydrogen) atoms. The number of aryl methyl sites for hydroxylation is 1. The second-order valence-electron chi connectivity index (χ2n) is 3.38. The van der Waals surface area contributed by atoms with E-state index in [1.54, 1.807) is 4.68 Å². The first-order valence-electron chi connectivity index (χ1n) is 4.94. The zero-order valence-corrected chi connectivity index (χ0v) is 8.89. The highest BCUT2D eigenvalue weighted by atomic mass is 19.1. The van der Waals surface area contributed by atoms with Crippen molar-refractivity contribution in [2.45, 2.75) is 6.42 Å². The molecule has 0 unspecified atom stereocenters. The molecule has 0 radical (unpaired) electrons. The fourth-order valence-corrected chi connectivity index (χ4v) is 1.30. The average Bonchev–Trinajstić information content (AvgIpc) is 2.67. The molecule has 0 aliphatic carbocycles. The molecule has 2 heterocycles. The molecule has 0 fully saturated rings. The Hall–Kier alpha value is -1.98. The van der Waals surface area contributed by atoms with Crippen LogP contribution in [0.5, 0.6) is 0 Å². The molecular formula is C10H12FN5. The van der Waals surface area contributed by atoms with Crippen LogP contribution >= 0.6 is 0 Å². The van der Waals surface area contributed by atoms with Gasteiger partial charge >= 0.3 is 0 Å². The van der Waals surface area contributed by atoms with E-state index in [1.165, 1.54) is 0 Å². The van der Waals surface area contributed by atoms with Gasteiger partial charge in [0.2, 0.25) is 5.95 Å². The SMILES string of the molecule is Cn1ccc(CCNc2ncc(F)cn2)n1. The lowest BCUT2D eigenvalue weighted by molar-refractivity contribution is 0.614. The van der Waals surface area contributed by atoms with Crippen LogP contribution in [0.15, 0.2) is 24.7 Å². The summed E-state index contributed by atoms with van der Waals surface area (Å²) in [4.78, 5) is 7.58. The van der Waals surface area contributed by atoms with E-state index in [1.807, 2.05) is 19.3 Å². The zero-order valence-electron chi connectivity index (χ0n) is 8.89. The van der Waals surface area contributed by atoms with Crippen LogP contribution in [0.4, 0.5) is 10.3 Å². The number of hydrogen-bond acceptors (Lipinski definition) is 4. The Morgan fingerprint density at radius 3 is 2.75 bits per heavy atom. The minimum atomic E-state index is -0.435. The highest BCUT2D eigenvalue weighted by Crippen LogP contribution is 1.99. The molecule has 0 aliphatic heterocycles. The summed E-state index contributed by atoms with van der Waals surface area (Å²) in [7, 11) is 1.88. The summed E-state index contributed by atoms with van der Waals surface area (Å²) in [6, 6.07) is 1.95. The number of nitrogens with one attached hydrogen (secondary N) is 1.